The molecule has 4 rings (SSSR count). The van der Waals surface area contributed by atoms with E-state index in [4.69, 9.17) is 16.3 Å². The van der Waals surface area contributed by atoms with E-state index in [0.717, 1.165) is 0 Å². The number of hydrogen-bond donors (Lipinski definition) is 0. The molecular weight excluding hydrogens is 342 g/mol. The largest absolute Gasteiger partial charge is 0.495 e. The van der Waals surface area contributed by atoms with Crippen LogP contribution in [-0.4, -0.2) is 31.3 Å². The molecule has 0 amide bonds. The SMILES string of the molecule is COc1ccc(Cl)cc1-n1ccc2c(c(C)nc3nc(C)nn32)c1=O. The molecule has 0 atom stereocenters. The first-order valence-electron chi connectivity index (χ1n) is 7.59. The van der Waals surface area contributed by atoms with Crippen LogP contribution in [0.3, 0.4) is 0 Å². The maximum absolute atomic E-state index is 13.1. The molecule has 0 aliphatic carbocycles. The lowest BCUT2D eigenvalue weighted by molar-refractivity contribution is 0.412. The normalized spacial score (nSPS) is 11.4. The van der Waals surface area contributed by atoms with Crippen molar-refractivity contribution in [3.8, 4) is 11.4 Å². The van der Waals surface area contributed by atoms with Crippen LogP contribution in [0.4, 0.5) is 0 Å². The predicted octanol–water partition coefficient (Wildman–Crippen LogP) is 2.71. The van der Waals surface area contributed by atoms with Crippen molar-refractivity contribution in [2.75, 3.05) is 7.11 Å². The first-order valence-corrected chi connectivity index (χ1v) is 7.96. The lowest BCUT2D eigenvalue weighted by Crippen LogP contribution is -2.20. The summed E-state index contributed by atoms with van der Waals surface area (Å²) in [4.78, 5) is 21.8. The third kappa shape index (κ3) is 2.35. The Morgan fingerprint density at radius 1 is 1.16 bits per heavy atom. The first kappa shape index (κ1) is 15.6. The maximum atomic E-state index is 13.1. The van der Waals surface area contributed by atoms with Gasteiger partial charge in [0.25, 0.3) is 11.3 Å². The van der Waals surface area contributed by atoms with Crippen molar-refractivity contribution in [2.24, 2.45) is 0 Å². The van der Waals surface area contributed by atoms with Gasteiger partial charge in [-0.2, -0.15) is 9.50 Å². The summed E-state index contributed by atoms with van der Waals surface area (Å²) in [6.07, 6.45) is 1.68. The molecule has 3 aromatic heterocycles. The Balaban J connectivity index is 2.10. The molecule has 4 aromatic rings. The van der Waals surface area contributed by atoms with Crippen LogP contribution < -0.4 is 10.3 Å². The number of rotatable bonds is 2. The summed E-state index contributed by atoms with van der Waals surface area (Å²) in [6.45, 7) is 3.57. The number of methoxy groups -OCH3 is 1. The lowest BCUT2D eigenvalue weighted by atomic mass is 10.2. The van der Waals surface area contributed by atoms with E-state index in [2.05, 4.69) is 15.1 Å². The summed E-state index contributed by atoms with van der Waals surface area (Å²) in [6, 6.07) is 6.94. The topological polar surface area (TPSA) is 74.3 Å². The van der Waals surface area contributed by atoms with Gasteiger partial charge in [-0.05, 0) is 38.1 Å². The van der Waals surface area contributed by atoms with Gasteiger partial charge in [0.2, 0.25) is 0 Å². The zero-order valence-corrected chi connectivity index (χ0v) is 14.6. The number of ether oxygens (including phenoxy) is 1. The predicted molar refractivity (Wildman–Crippen MR) is 94.9 cm³/mol. The molecule has 0 aliphatic rings. The molecule has 0 saturated heterocycles. The van der Waals surface area contributed by atoms with E-state index in [1.807, 2.05) is 6.07 Å². The fraction of sp³-hybridized carbons (Fsp3) is 0.176. The molecule has 7 nitrogen and oxygen atoms in total. The third-order valence-electron chi connectivity index (χ3n) is 4.02. The summed E-state index contributed by atoms with van der Waals surface area (Å²) in [5, 5.41) is 5.31. The lowest BCUT2D eigenvalue weighted by Gasteiger charge is -2.13. The van der Waals surface area contributed by atoms with Gasteiger partial charge in [0.15, 0.2) is 0 Å². The molecular formula is C17H14ClN5O2. The van der Waals surface area contributed by atoms with Crippen LogP contribution in [0.2, 0.25) is 5.02 Å². The van der Waals surface area contributed by atoms with Gasteiger partial charge in [0, 0.05) is 11.2 Å². The number of hydrogen-bond acceptors (Lipinski definition) is 5. The average Bonchev–Trinajstić information content (AvgIpc) is 2.95. The van der Waals surface area contributed by atoms with E-state index in [-0.39, 0.29) is 5.56 Å². The molecule has 0 unspecified atom stereocenters. The molecule has 8 heteroatoms. The zero-order valence-electron chi connectivity index (χ0n) is 13.8. The Morgan fingerprint density at radius 3 is 2.72 bits per heavy atom. The van der Waals surface area contributed by atoms with Crippen LogP contribution in [0.15, 0.2) is 35.3 Å². The number of halogens is 1. The zero-order chi connectivity index (χ0) is 17.7. The highest BCUT2D eigenvalue weighted by Gasteiger charge is 2.16. The van der Waals surface area contributed by atoms with Gasteiger partial charge in [-0.1, -0.05) is 11.6 Å². The quantitative estimate of drug-likeness (QED) is 0.552. The van der Waals surface area contributed by atoms with Crippen LogP contribution in [0, 0.1) is 13.8 Å². The molecule has 0 bridgehead atoms. The average molecular weight is 356 g/mol. The number of benzene rings is 1. The van der Waals surface area contributed by atoms with Crippen molar-refractivity contribution >= 4 is 28.3 Å². The van der Waals surface area contributed by atoms with Gasteiger partial charge in [-0.15, -0.1) is 5.10 Å². The Bertz CT molecular complexity index is 1200. The molecule has 25 heavy (non-hydrogen) atoms. The maximum Gasteiger partial charge on any atom is 0.266 e. The monoisotopic (exact) mass is 355 g/mol. The minimum atomic E-state index is -0.224. The van der Waals surface area contributed by atoms with Crippen LogP contribution in [0.1, 0.15) is 11.5 Å². The Kier molecular flexibility index (Phi) is 3.47. The molecule has 1 aromatic carbocycles. The highest BCUT2D eigenvalue weighted by Crippen LogP contribution is 2.26. The summed E-state index contributed by atoms with van der Waals surface area (Å²) >= 11 is 6.10. The highest BCUT2D eigenvalue weighted by molar-refractivity contribution is 6.30. The molecule has 126 valence electrons. The third-order valence-corrected chi connectivity index (χ3v) is 4.26. The standard InChI is InChI=1S/C17H14ClN5O2/c1-9-15-12(23-17(19-9)20-10(2)21-23)6-7-22(16(15)24)13-8-11(18)4-5-14(13)25-3/h4-8H,1-3H3. The Morgan fingerprint density at radius 2 is 1.96 bits per heavy atom. The number of aromatic nitrogens is 5. The first-order chi connectivity index (χ1) is 12.0. The fourth-order valence-electron chi connectivity index (χ4n) is 2.93. The minimum absolute atomic E-state index is 0.224. The Hall–Kier alpha value is -2.93. The van der Waals surface area contributed by atoms with Crippen molar-refractivity contribution in [3.05, 3.63) is 57.4 Å². The van der Waals surface area contributed by atoms with E-state index in [0.29, 0.717) is 44.7 Å². The number of pyridine rings is 1. The molecule has 3 heterocycles. The van der Waals surface area contributed by atoms with E-state index >= 15 is 0 Å². The van der Waals surface area contributed by atoms with Gasteiger partial charge >= 0.3 is 0 Å². The number of nitrogens with zero attached hydrogens (tertiary/aromatic N) is 5. The Labute approximate surface area is 147 Å². The second-order valence-electron chi connectivity index (χ2n) is 5.64. The summed E-state index contributed by atoms with van der Waals surface area (Å²) in [5.41, 5.74) is 1.59. The van der Waals surface area contributed by atoms with E-state index < -0.39 is 0 Å². The number of fused-ring (bicyclic) bond motifs is 3. The van der Waals surface area contributed by atoms with Crippen LogP contribution in [0.25, 0.3) is 22.4 Å². The number of aryl methyl sites for hydroxylation is 2. The van der Waals surface area contributed by atoms with Gasteiger partial charge < -0.3 is 4.74 Å². The molecule has 0 fully saturated rings. The van der Waals surface area contributed by atoms with Gasteiger partial charge in [0.1, 0.15) is 11.6 Å². The van der Waals surface area contributed by atoms with Crippen LogP contribution >= 0.6 is 11.6 Å². The van der Waals surface area contributed by atoms with Gasteiger partial charge in [0.05, 0.1) is 29.4 Å². The van der Waals surface area contributed by atoms with Crippen LogP contribution in [0.5, 0.6) is 5.75 Å². The van der Waals surface area contributed by atoms with Crippen LogP contribution in [-0.2, 0) is 0 Å². The molecule has 0 saturated carbocycles. The van der Waals surface area contributed by atoms with Crippen molar-refractivity contribution in [2.45, 2.75) is 13.8 Å². The second-order valence-corrected chi connectivity index (χ2v) is 6.07. The highest BCUT2D eigenvalue weighted by atomic mass is 35.5. The molecule has 0 radical (unpaired) electrons. The van der Waals surface area contributed by atoms with Crippen molar-refractivity contribution < 1.29 is 4.74 Å². The summed E-state index contributed by atoms with van der Waals surface area (Å²) < 4.78 is 8.44. The summed E-state index contributed by atoms with van der Waals surface area (Å²) in [5.74, 6) is 1.62. The smallest absolute Gasteiger partial charge is 0.266 e. The van der Waals surface area contributed by atoms with Crippen molar-refractivity contribution in [3.63, 3.8) is 0 Å². The van der Waals surface area contributed by atoms with Gasteiger partial charge in [-0.25, -0.2) is 4.98 Å². The fourth-order valence-corrected chi connectivity index (χ4v) is 3.09. The van der Waals surface area contributed by atoms with E-state index in [1.54, 1.807) is 49.9 Å². The van der Waals surface area contributed by atoms with Gasteiger partial charge in [-0.3, -0.25) is 9.36 Å². The van der Waals surface area contributed by atoms with E-state index in [1.165, 1.54) is 4.57 Å². The van der Waals surface area contributed by atoms with Crippen molar-refractivity contribution in [1.29, 1.82) is 0 Å². The van der Waals surface area contributed by atoms with Crippen molar-refractivity contribution in [1.82, 2.24) is 24.1 Å². The van der Waals surface area contributed by atoms with E-state index in [9.17, 15) is 4.79 Å². The molecule has 0 spiro atoms. The second kappa shape index (κ2) is 5.56. The summed E-state index contributed by atoms with van der Waals surface area (Å²) in [7, 11) is 1.55. The molecule has 0 N–H and O–H groups in total. The molecule has 0 aliphatic heterocycles. The minimum Gasteiger partial charge on any atom is -0.495 e.